The summed E-state index contributed by atoms with van der Waals surface area (Å²) < 4.78 is 0. The first-order valence-electron chi connectivity index (χ1n) is 7.09. The van der Waals surface area contributed by atoms with E-state index in [4.69, 9.17) is 15.7 Å². The van der Waals surface area contributed by atoms with Gasteiger partial charge in [0.15, 0.2) is 0 Å². The molecule has 0 saturated carbocycles. The van der Waals surface area contributed by atoms with Crippen LogP contribution in [0.1, 0.15) is 36.2 Å². The Morgan fingerprint density at radius 3 is 2.78 bits per heavy atom. The lowest BCUT2D eigenvalue weighted by atomic mass is 9.86. The third-order valence-electron chi connectivity index (χ3n) is 4.29. The van der Waals surface area contributed by atoms with Gasteiger partial charge in [-0.15, -0.1) is 0 Å². The number of rotatable bonds is 2. The van der Waals surface area contributed by atoms with Crippen molar-refractivity contribution in [2.45, 2.75) is 39.0 Å². The molecule has 1 unspecified atom stereocenters. The topological polar surface area (TPSA) is 55.0 Å². The van der Waals surface area contributed by atoms with Crippen molar-refractivity contribution in [3.63, 3.8) is 0 Å². The van der Waals surface area contributed by atoms with Crippen LogP contribution in [0.5, 0.6) is 0 Å². The van der Waals surface area contributed by atoms with Crippen molar-refractivity contribution in [3.8, 4) is 0 Å². The lowest BCUT2D eigenvalue weighted by Crippen LogP contribution is -2.27. The Morgan fingerprint density at radius 2 is 2.06 bits per heavy atom. The van der Waals surface area contributed by atoms with Gasteiger partial charge in [-0.25, -0.2) is 9.97 Å². The third-order valence-corrected chi connectivity index (χ3v) is 4.29. The molecule has 0 radical (unpaired) electrons. The molecule has 1 aliphatic carbocycles. The Bertz CT molecular complexity index is 438. The first kappa shape index (κ1) is 11.9. The van der Waals surface area contributed by atoms with E-state index in [1.54, 1.807) is 0 Å². The summed E-state index contributed by atoms with van der Waals surface area (Å²) in [6.07, 6.45) is 5.86. The highest BCUT2D eigenvalue weighted by atomic mass is 15.3. The fourth-order valence-corrected chi connectivity index (χ4v) is 3.10. The van der Waals surface area contributed by atoms with Crippen LogP contribution in [0.25, 0.3) is 0 Å². The van der Waals surface area contributed by atoms with Gasteiger partial charge >= 0.3 is 0 Å². The minimum absolute atomic E-state index is 0.623. The van der Waals surface area contributed by atoms with Crippen molar-refractivity contribution < 1.29 is 0 Å². The molecular weight excluding hydrogens is 224 g/mol. The van der Waals surface area contributed by atoms with Crippen LogP contribution in [-0.4, -0.2) is 29.6 Å². The van der Waals surface area contributed by atoms with E-state index >= 15 is 0 Å². The highest BCUT2D eigenvalue weighted by Gasteiger charge is 2.23. The first-order chi connectivity index (χ1) is 8.78. The second kappa shape index (κ2) is 4.84. The van der Waals surface area contributed by atoms with Gasteiger partial charge < -0.3 is 10.6 Å². The summed E-state index contributed by atoms with van der Waals surface area (Å²) in [4.78, 5) is 11.8. The van der Waals surface area contributed by atoms with E-state index < -0.39 is 0 Å². The Balaban J connectivity index is 1.90. The quantitative estimate of drug-likeness (QED) is 0.858. The predicted molar refractivity (Wildman–Crippen MR) is 72.8 cm³/mol. The number of nitrogens with two attached hydrogens (primary N) is 1. The minimum atomic E-state index is 0.623. The van der Waals surface area contributed by atoms with Crippen molar-refractivity contribution in [1.82, 2.24) is 9.97 Å². The Hall–Kier alpha value is -1.16. The zero-order valence-electron chi connectivity index (χ0n) is 11.2. The summed E-state index contributed by atoms with van der Waals surface area (Å²) >= 11 is 0. The second-order valence-electron chi connectivity index (χ2n) is 5.57. The summed E-state index contributed by atoms with van der Waals surface area (Å²) in [6, 6.07) is 0. The molecule has 1 saturated heterocycles. The van der Waals surface area contributed by atoms with E-state index in [0.717, 1.165) is 38.4 Å². The molecule has 3 rings (SSSR count). The zero-order valence-corrected chi connectivity index (χ0v) is 11.2. The predicted octanol–water partition coefficient (Wildman–Crippen LogP) is 1.45. The van der Waals surface area contributed by atoms with E-state index in [1.807, 2.05) is 0 Å². The summed E-state index contributed by atoms with van der Waals surface area (Å²) in [5.41, 5.74) is 9.59. The molecule has 0 bridgehead atoms. The fourth-order valence-electron chi connectivity index (χ4n) is 3.10. The molecule has 4 nitrogen and oxygen atoms in total. The number of aromatic nitrogens is 2. The van der Waals surface area contributed by atoms with Gasteiger partial charge in [-0.05, 0) is 57.1 Å². The molecule has 0 spiro atoms. The average molecular weight is 246 g/mol. The summed E-state index contributed by atoms with van der Waals surface area (Å²) in [6.45, 7) is 5.14. The van der Waals surface area contributed by atoms with Gasteiger partial charge in [0.2, 0.25) is 5.95 Å². The maximum atomic E-state index is 5.79. The van der Waals surface area contributed by atoms with E-state index in [0.29, 0.717) is 5.92 Å². The number of fused-ring (bicyclic) bond motifs is 1. The molecule has 1 atom stereocenters. The van der Waals surface area contributed by atoms with Gasteiger partial charge in [0.25, 0.3) is 0 Å². The number of nitrogens with zero attached hydrogens (tertiary/aromatic N) is 3. The molecule has 98 valence electrons. The number of aryl methyl sites for hydroxylation is 2. The van der Waals surface area contributed by atoms with Crippen LogP contribution in [0, 0.1) is 12.8 Å². The van der Waals surface area contributed by atoms with Crippen molar-refractivity contribution in [3.05, 3.63) is 17.0 Å². The molecule has 0 amide bonds. The highest BCUT2D eigenvalue weighted by Crippen LogP contribution is 2.28. The van der Waals surface area contributed by atoms with Gasteiger partial charge in [-0.1, -0.05) is 0 Å². The van der Waals surface area contributed by atoms with Crippen molar-refractivity contribution in [1.29, 1.82) is 0 Å². The van der Waals surface area contributed by atoms with Crippen LogP contribution in [0.2, 0.25) is 0 Å². The van der Waals surface area contributed by atoms with Crippen LogP contribution in [0.3, 0.4) is 0 Å². The van der Waals surface area contributed by atoms with Gasteiger partial charge in [-0.3, -0.25) is 0 Å². The Kier molecular flexibility index (Phi) is 3.20. The maximum Gasteiger partial charge on any atom is 0.225 e. The Morgan fingerprint density at radius 1 is 1.28 bits per heavy atom. The average Bonchev–Trinajstić information content (AvgIpc) is 2.92. The van der Waals surface area contributed by atoms with Crippen molar-refractivity contribution in [2.24, 2.45) is 11.7 Å². The molecule has 1 aromatic rings. The lowest BCUT2D eigenvalue weighted by molar-refractivity contribution is 0.459. The standard InChI is InChI=1S/C14H22N4/c1-10-12-8-11(9-15)4-5-13(12)17-14(16-10)18-6-2-3-7-18/h11H,2-9,15H2,1H3. The van der Waals surface area contributed by atoms with Crippen LogP contribution >= 0.6 is 0 Å². The molecule has 18 heavy (non-hydrogen) atoms. The summed E-state index contributed by atoms with van der Waals surface area (Å²) in [7, 11) is 0. The highest BCUT2D eigenvalue weighted by molar-refractivity contribution is 5.39. The third kappa shape index (κ3) is 2.09. The zero-order chi connectivity index (χ0) is 12.5. The largest absolute Gasteiger partial charge is 0.341 e. The van der Waals surface area contributed by atoms with Crippen LogP contribution in [0.15, 0.2) is 0 Å². The van der Waals surface area contributed by atoms with Gasteiger partial charge in [0.1, 0.15) is 0 Å². The lowest BCUT2D eigenvalue weighted by Gasteiger charge is -2.25. The fraction of sp³-hybridized carbons (Fsp3) is 0.714. The van der Waals surface area contributed by atoms with Crippen molar-refractivity contribution >= 4 is 5.95 Å². The first-order valence-corrected chi connectivity index (χ1v) is 7.09. The minimum Gasteiger partial charge on any atom is -0.341 e. The Labute approximate surface area is 109 Å². The normalized spacial score (nSPS) is 23.2. The molecule has 1 aromatic heterocycles. The number of hydrogen-bond donors (Lipinski definition) is 1. The number of hydrogen-bond acceptors (Lipinski definition) is 4. The van der Waals surface area contributed by atoms with E-state index in [1.165, 1.54) is 36.2 Å². The van der Waals surface area contributed by atoms with Crippen LogP contribution in [-0.2, 0) is 12.8 Å². The van der Waals surface area contributed by atoms with E-state index in [-0.39, 0.29) is 0 Å². The van der Waals surface area contributed by atoms with Crippen LogP contribution < -0.4 is 10.6 Å². The SMILES string of the molecule is Cc1nc(N2CCCC2)nc2c1CC(CN)CC2. The smallest absolute Gasteiger partial charge is 0.225 e. The molecule has 2 heterocycles. The second-order valence-corrected chi connectivity index (χ2v) is 5.57. The molecule has 2 aliphatic rings. The van der Waals surface area contributed by atoms with E-state index in [9.17, 15) is 0 Å². The van der Waals surface area contributed by atoms with Gasteiger partial charge in [0, 0.05) is 24.5 Å². The van der Waals surface area contributed by atoms with Crippen molar-refractivity contribution in [2.75, 3.05) is 24.5 Å². The molecule has 4 heteroatoms. The molecular formula is C14H22N4. The monoisotopic (exact) mass is 246 g/mol. The van der Waals surface area contributed by atoms with Gasteiger partial charge in [-0.2, -0.15) is 0 Å². The number of anilines is 1. The van der Waals surface area contributed by atoms with Gasteiger partial charge in [0.05, 0.1) is 0 Å². The van der Waals surface area contributed by atoms with Crippen LogP contribution in [0.4, 0.5) is 5.95 Å². The summed E-state index contributed by atoms with van der Waals surface area (Å²) in [5.74, 6) is 1.58. The maximum absolute atomic E-state index is 5.79. The molecule has 1 fully saturated rings. The molecule has 0 aromatic carbocycles. The molecule has 1 aliphatic heterocycles. The molecule has 2 N–H and O–H groups in total. The summed E-state index contributed by atoms with van der Waals surface area (Å²) in [5, 5.41) is 0. The van der Waals surface area contributed by atoms with E-state index in [2.05, 4.69) is 11.8 Å².